The number of aromatic hydroxyl groups is 1. The van der Waals surface area contributed by atoms with Gasteiger partial charge in [-0.2, -0.15) is 0 Å². The lowest BCUT2D eigenvalue weighted by Gasteiger charge is -2.26. The van der Waals surface area contributed by atoms with E-state index in [1.165, 1.54) is 12.1 Å². The number of benzene rings is 1. The summed E-state index contributed by atoms with van der Waals surface area (Å²) in [6.45, 7) is 2.12. The van der Waals surface area contributed by atoms with Crippen molar-refractivity contribution in [3.05, 3.63) is 59.9 Å². The van der Waals surface area contributed by atoms with Gasteiger partial charge in [0.2, 0.25) is 0 Å². The lowest BCUT2D eigenvalue weighted by Crippen LogP contribution is -2.48. The Kier molecular flexibility index (Phi) is 5.63. The number of carbonyl (C=O) groups is 1. The molecule has 1 fully saturated rings. The number of pyridine rings is 1. The molecule has 0 bridgehead atoms. The van der Waals surface area contributed by atoms with E-state index in [0.717, 1.165) is 18.7 Å². The molecule has 1 aliphatic rings. The average Bonchev–Trinajstić information content (AvgIpc) is 2.78. The van der Waals surface area contributed by atoms with E-state index in [1.807, 2.05) is 18.2 Å². The van der Waals surface area contributed by atoms with Gasteiger partial charge in [0.1, 0.15) is 5.75 Å². The number of phenols is 1. The van der Waals surface area contributed by atoms with Gasteiger partial charge < -0.3 is 15.5 Å². The Morgan fingerprint density at radius 3 is 2.76 bits per heavy atom. The first-order valence-corrected chi connectivity index (χ1v) is 8.52. The maximum absolute atomic E-state index is 12.4. The lowest BCUT2D eigenvalue weighted by atomic mass is 10.1. The highest BCUT2D eigenvalue weighted by molar-refractivity contribution is 5.94. The summed E-state index contributed by atoms with van der Waals surface area (Å²) in [6.07, 6.45) is 2.72. The summed E-state index contributed by atoms with van der Waals surface area (Å²) in [6, 6.07) is 11.6. The Morgan fingerprint density at radius 2 is 2.04 bits per heavy atom. The van der Waals surface area contributed by atoms with E-state index in [4.69, 9.17) is 0 Å². The van der Waals surface area contributed by atoms with Crippen LogP contribution in [0.3, 0.4) is 0 Å². The number of phenolic OH excluding ortho intramolecular Hbond substituents is 1. The predicted octanol–water partition coefficient (Wildman–Crippen LogP) is 1.54. The third kappa shape index (κ3) is 4.78. The maximum Gasteiger partial charge on any atom is 0.251 e. The second-order valence-corrected chi connectivity index (χ2v) is 6.39. The van der Waals surface area contributed by atoms with Crippen LogP contribution in [0.25, 0.3) is 0 Å². The largest absolute Gasteiger partial charge is 0.508 e. The van der Waals surface area contributed by atoms with Crippen molar-refractivity contribution in [3.63, 3.8) is 0 Å². The molecule has 1 aromatic heterocycles. The van der Waals surface area contributed by atoms with Crippen LogP contribution in [0.4, 0.5) is 0 Å². The van der Waals surface area contributed by atoms with E-state index >= 15 is 0 Å². The van der Waals surface area contributed by atoms with Crippen molar-refractivity contribution >= 4 is 5.91 Å². The summed E-state index contributed by atoms with van der Waals surface area (Å²) in [5.41, 5.74) is 1.44. The van der Waals surface area contributed by atoms with Crippen LogP contribution in [-0.2, 0) is 6.54 Å². The molecular weight excluding hydrogens is 318 g/mol. The molecule has 0 radical (unpaired) electrons. The summed E-state index contributed by atoms with van der Waals surface area (Å²) in [5, 5.41) is 22.6. The summed E-state index contributed by atoms with van der Waals surface area (Å²) < 4.78 is 0. The Bertz CT molecular complexity index is 691. The summed E-state index contributed by atoms with van der Waals surface area (Å²) in [4.78, 5) is 19.0. The van der Waals surface area contributed by atoms with Crippen molar-refractivity contribution in [1.82, 2.24) is 15.2 Å². The SMILES string of the molecule is O=C(NC1CN(Cc2ccccn2)CCCC1O)c1ccc(O)cc1. The zero-order valence-corrected chi connectivity index (χ0v) is 14.0. The topological polar surface area (TPSA) is 85.7 Å². The maximum atomic E-state index is 12.4. The highest BCUT2D eigenvalue weighted by atomic mass is 16.3. The molecule has 6 nitrogen and oxygen atoms in total. The van der Waals surface area contributed by atoms with Crippen LogP contribution in [0, 0.1) is 0 Å². The molecule has 0 spiro atoms. The molecule has 2 heterocycles. The van der Waals surface area contributed by atoms with Crippen LogP contribution in [-0.4, -0.2) is 51.2 Å². The van der Waals surface area contributed by atoms with Gasteiger partial charge in [0, 0.05) is 24.8 Å². The molecule has 1 aromatic carbocycles. The first kappa shape index (κ1) is 17.4. The van der Waals surface area contributed by atoms with Gasteiger partial charge in [-0.1, -0.05) is 6.07 Å². The number of nitrogens with zero attached hydrogens (tertiary/aromatic N) is 2. The fourth-order valence-electron chi connectivity index (χ4n) is 3.09. The minimum Gasteiger partial charge on any atom is -0.508 e. The van der Waals surface area contributed by atoms with Gasteiger partial charge in [-0.3, -0.25) is 14.7 Å². The number of aliphatic hydroxyl groups is 1. The van der Waals surface area contributed by atoms with Gasteiger partial charge >= 0.3 is 0 Å². The molecule has 0 saturated carbocycles. The van der Waals surface area contributed by atoms with Gasteiger partial charge in [0.25, 0.3) is 5.91 Å². The van der Waals surface area contributed by atoms with E-state index in [9.17, 15) is 15.0 Å². The average molecular weight is 341 g/mol. The molecule has 0 aliphatic carbocycles. The molecule has 2 unspecified atom stereocenters. The number of amides is 1. The van der Waals surface area contributed by atoms with Gasteiger partial charge in [0.15, 0.2) is 0 Å². The number of carbonyl (C=O) groups excluding carboxylic acids is 1. The molecule has 6 heteroatoms. The quantitative estimate of drug-likeness (QED) is 0.785. The summed E-state index contributed by atoms with van der Waals surface area (Å²) >= 11 is 0. The molecule has 1 amide bonds. The van der Waals surface area contributed by atoms with E-state index in [2.05, 4.69) is 15.2 Å². The minimum atomic E-state index is -0.574. The van der Waals surface area contributed by atoms with Crippen molar-refractivity contribution in [3.8, 4) is 5.75 Å². The molecule has 1 aliphatic heterocycles. The van der Waals surface area contributed by atoms with E-state index in [1.54, 1.807) is 18.3 Å². The smallest absolute Gasteiger partial charge is 0.251 e. The Labute approximate surface area is 147 Å². The fraction of sp³-hybridized carbons (Fsp3) is 0.368. The lowest BCUT2D eigenvalue weighted by molar-refractivity contribution is 0.0797. The van der Waals surface area contributed by atoms with E-state index < -0.39 is 6.10 Å². The molecule has 1 saturated heterocycles. The third-order valence-electron chi connectivity index (χ3n) is 4.45. The van der Waals surface area contributed by atoms with Crippen molar-refractivity contribution in [1.29, 1.82) is 0 Å². The Morgan fingerprint density at radius 1 is 1.24 bits per heavy atom. The van der Waals surface area contributed by atoms with Crippen molar-refractivity contribution in [2.24, 2.45) is 0 Å². The molecule has 3 N–H and O–H groups in total. The Balaban J connectivity index is 1.65. The van der Waals surface area contributed by atoms with Crippen LogP contribution in [0.5, 0.6) is 5.75 Å². The molecule has 2 aromatic rings. The summed E-state index contributed by atoms with van der Waals surface area (Å²) in [5.74, 6) is -0.128. The highest BCUT2D eigenvalue weighted by Gasteiger charge is 2.27. The number of hydrogen-bond acceptors (Lipinski definition) is 5. The predicted molar refractivity (Wildman–Crippen MR) is 94.1 cm³/mol. The van der Waals surface area contributed by atoms with Gasteiger partial charge in [-0.05, 0) is 55.8 Å². The normalized spacial score (nSPS) is 21.5. The summed E-state index contributed by atoms with van der Waals surface area (Å²) in [7, 11) is 0. The van der Waals surface area contributed by atoms with Gasteiger partial charge in [0.05, 0.1) is 17.8 Å². The molecule has 2 atom stereocenters. The highest BCUT2D eigenvalue weighted by Crippen LogP contribution is 2.15. The number of likely N-dealkylation sites (tertiary alicyclic amines) is 1. The van der Waals surface area contributed by atoms with Crippen LogP contribution in [0.15, 0.2) is 48.7 Å². The van der Waals surface area contributed by atoms with Crippen molar-refractivity contribution in [2.75, 3.05) is 13.1 Å². The van der Waals surface area contributed by atoms with Crippen molar-refractivity contribution < 1.29 is 15.0 Å². The zero-order valence-electron chi connectivity index (χ0n) is 14.0. The standard InChI is InChI=1S/C19H23N3O3/c23-16-8-6-14(7-9-16)19(25)21-17-13-22(11-3-5-18(17)24)12-15-4-1-2-10-20-15/h1-2,4,6-10,17-18,23-24H,3,5,11-13H2,(H,21,25). The second kappa shape index (κ2) is 8.09. The first-order chi connectivity index (χ1) is 12.1. The van der Waals surface area contributed by atoms with E-state index in [-0.39, 0.29) is 17.7 Å². The van der Waals surface area contributed by atoms with Gasteiger partial charge in [-0.25, -0.2) is 0 Å². The van der Waals surface area contributed by atoms with Crippen LogP contribution in [0.2, 0.25) is 0 Å². The zero-order chi connectivity index (χ0) is 17.6. The van der Waals surface area contributed by atoms with Crippen LogP contribution in [0.1, 0.15) is 28.9 Å². The van der Waals surface area contributed by atoms with Crippen LogP contribution >= 0.6 is 0 Å². The number of nitrogens with one attached hydrogen (secondary N) is 1. The van der Waals surface area contributed by atoms with Crippen LogP contribution < -0.4 is 5.32 Å². The molecule has 132 valence electrons. The molecular formula is C19H23N3O3. The molecule has 25 heavy (non-hydrogen) atoms. The molecule has 3 rings (SSSR count). The van der Waals surface area contributed by atoms with E-state index in [0.29, 0.717) is 25.1 Å². The van der Waals surface area contributed by atoms with Crippen molar-refractivity contribution in [2.45, 2.75) is 31.5 Å². The third-order valence-corrected chi connectivity index (χ3v) is 4.45. The number of rotatable bonds is 4. The second-order valence-electron chi connectivity index (χ2n) is 6.39. The fourth-order valence-corrected chi connectivity index (χ4v) is 3.09. The Hall–Kier alpha value is -2.44. The number of aromatic nitrogens is 1. The van der Waals surface area contributed by atoms with Gasteiger partial charge in [-0.15, -0.1) is 0 Å². The minimum absolute atomic E-state index is 0.118. The number of aliphatic hydroxyl groups excluding tert-OH is 1. The monoisotopic (exact) mass is 341 g/mol. The first-order valence-electron chi connectivity index (χ1n) is 8.52. The number of hydrogen-bond donors (Lipinski definition) is 3.